The predicted octanol–water partition coefficient (Wildman–Crippen LogP) is 2.64. The SMILES string of the molecule is CNC(=O)c1ccc(N)cc1N(CCC(C)C)C1CC1. The lowest BCUT2D eigenvalue weighted by molar-refractivity contribution is 0.0963. The van der Waals surface area contributed by atoms with Crippen LogP contribution >= 0.6 is 0 Å². The van der Waals surface area contributed by atoms with Gasteiger partial charge in [0.1, 0.15) is 0 Å². The van der Waals surface area contributed by atoms with E-state index in [0.717, 1.165) is 24.2 Å². The lowest BCUT2D eigenvalue weighted by Gasteiger charge is -2.28. The molecule has 4 nitrogen and oxygen atoms in total. The summed E-state index contributed by atoms with van der Waals surface area (Å²) in [7, 11) is 1.66. The van der Waals surface area contributed by atoms with Crippen molar-refractivity contribution in [1.82, 2.24) is 5.32 Å². The van der Waals surface area contributed by atoms with E-state index in [2.05, 4.69) is 24.1 Å². The number of benzene rings is 1. The first kappa shape index (κ1) is 14.7. The van der Waals surface area contributed by atoms with Crippen LogP contribution in [0.3, 0.4) is 0 Å². The van der Waals surface area contributed by atoms with Gasteiger partial charge in [-0.25, -0.2) is 0 Å². The Balaban J connectivity index is 2.30. The molecule has 0 saturated heterocycles. The number of amides is 1. The van der Waals surface area contributed by atoms with E-state index in [0.29, 0.717) is 17.6 Å². The van der Waals surface area contributed by atoms with E-state index < -0.39 is 0 Å². The molecule has 0 unspecified atom stereocenters. The fraction of sp³-hybridized carbons (Fsp3) is 0.562. The molecule has 4 heteroatoms. The fourth-order valence-corrected chi connectivity index (χ4v) is 2.40. The third-order valence-corrected chi connectivity index (χ3v) is 3.74. The zero-order chi connectivity index (χ0) is 14.7. The summed E-state index contributed by atoms with van der Waals surface area (Å²) in [4.78, 5) is 14.4. The number of hydrogen-bond acceptors (Lipinski definition) is 3. The standard InChI is InChI=1S/C16H25N3O/c1-11(2)8-9-19(13-5-6-13)15-10-12(17)4-7-14(15)16(20)18-3/h4,7,10-11,13H,5-6,8-9,17H2,1-3H3,(H,18,20). The van der Waals surface area contributed by atoms with Gasteiger partial charge in [-0.3, -0.25) is 4.79 Å². The van der Waals surface area contributed by atoms with Crippen molar-refractivity contribution in [2.45, 2.75) is 39.2 Å². The molecule has 1 aliphatic carbocycles. The Morgan fingerprint density at radius 3 is 2.70 bits per heavy atom. The minimum Gasteiger partial charge on any atom is -0.399 e. The van der Waals surface area contributed by atoms with E-state index in [-0.39, 0.29) is 5.91 Å². The molecular formula is C16H25N3O. The summed E-state index contributed by atoms with van der Waals surface area (Å²) in [6, 6.07) is 6.12. The maximum atomic E-state index is 12.1. The van der Waals surface area contributed by atoms with Gasteiger partial charge in [0.2, 0.25) is 0 Å². The monoisotopic (exact) mass is 275 g/mol. The zero-order valence-electron chi connectivity index (χ0n) is 12.6. The van der Waals surface area contributed by atoms with Gasteiger partial charge in [0.15, 0.2) is 0 Å². The Labute approximate surface area is 121 Å². The second-order valence-electron chi connectivity index (χ2n) is 5.96. The summed E-state index contributed by atoms with van der Waals surface area (Å²) in [5, 5.41) is 2.71. The summed E-state index contributed by atoms with van der Waals surface area (Å²) in [6.07, 6.45) is 3.54. The lowest BCUT2D eigenvalue weighted by Crippen LogP contribution is -2.31. The summed E-state index contributed by atoms with van der Waals surface area (Å²) < 4.78 is 0. The minimum absolute atomic E-state index is 0.0461. The van der Waals surface area contributed by atoms with Crippen molar-refractivity contribution in [2.24, 2.45) is 5.92 Å². The number of anilines is 2. The van der Waals surface area contributed by atoms with Crippen molar-refractivity contribution in [2.75, 3.05) is 24.2 Å². The number of nitrogens with zero attached hydrogens (tertiary/aromatic N) is 1. The molecule has 0 aliphatic heterocycles. The molecular weight excluding hydrogens is 250 g/mol. The van der Waals surface area contributed by atoms with Crippen LogP contribution in [0.15, 0.2) is 18.2 Å². The van der Waals surface area contributed by atoms with E-state index in [1.165, 1.54) is 12.8 Å². The van der Waals surface area contributed by atoms with Crippen molar-refractivity contribution >= 4 is 17.3 Å². The van der Waals surface area contributed by atoms with E-state index >= 15 is 0 Å². The van der Waals surface area contributed by atoms with E-state index in [1.807, 2.05) is 12.1 Å². The number of nitrogen functional groups attached to an aromatic ring is 1. The number of carbonyl (C=O) groups is 1. The van der Waals surface area contributed by atoms with Gasteiger partial charge >= 0.3 is 0 Å². The molecule has 0 radical (unpaired) electrons. The Kier molecular flexibility index (Phi) is 4.53. The second-order valence-corrected chi connectivity index (χ2v) is 5.96. The normalized spacial score (nSPS) is 14.4. The molecule has 0 atom stereocenters. The van der Waals surface area contributed by atoms with Crippen LogP contribution in [0, 0.1) is 5.92 Å². The third-order valence-electron chi connectivity index (χ3n) is 3.74. The van der Waals surface area contributed by atoms with Gasteiger partial charge in [-0.15, -0.1) is 0 Å². The highest BCUT2D eigenvalue weighted by Gasteiger charge is 2.31. The van der Waals surface area contributed by atoms with Gasteiger partial charge in [0.25, 0.3) is 5.91 Å². The van der Waals surface area contributed by atoms with Crippen LogP contribution < -0.4 is 16.0 Å². The molecule has 1 amide bonds. The topological polar surface area (TPSA) is 58.4 Å². The van der Waals surface area contributed by atoms with Gasteiger partial charge in [-0.1, -0.05) is 13.8 Å². The highest BCUT2D eigenvalue weighted by molar-refractivity contribution is 6.00. The van der Waals surface area contributed by atoms with Crippen LogP contribution in [-0.2, 0) is 0 Å². The minimum atomic E-state index is -0.0461. The van der Waals surface area contributed by atoms with Crippen LogP contribution in [0.25, 0.3) is 0 Å². The first-order valence-electron chi connectivity index (χ1n) is 7.41. The molecule has 0 aromatic heterocycles. The van der Waals surface area contributed by atoms with Crippen molar-refractivity contribution in [3.63, 3.8) is 0 Å². The van der Waals surface area contributed by atoms with E-state index in [9.17, 15) is 4.79 Å². The Morgan fingerprint density at radius 1 is 1.45 bits per heavy atom. The Hall–Kier alpha value is -1.71. The van der Waals surface area contributed by atoms with Crippen molar-refractivity contribution in [1.29, 1.82) is 0 Å². The van der Waals surface area contributed by atoms with Gasteiger partial charge in [0.05, 0.1) is 11.3 Å². The molecule has 3 N–H and O–H groups in total. The fourth-order valence-electron chi connectivity index (χ4n) is 2.40. The van der Waals surface area contributed by atoms with Gasteiger partial charge in [-0.05, 0) is 43.4 Å². The molecule has 1 aromatic carbocycles. The average molecular weight is 275 g/mol. The Morgan fingerprint density at radius 2 is 2.15 bits per heavy atom. The van der Waals surface area contributed by atoms with Crippen molar-refractivity contribution in [3.8, 4) is 0 Å². The largest absolute Gasteiger partial charge is 0.399 e. The van der Waals surface area contributed by atoms with E-state index in [4.69, 9.17) is 5.73 Å². The molecule has 1 saturated carbocycles. The molecule has 0 heterocycles. The lowest BCUT2D eigenvalue weighted by atomic mass is 10.1. The molecule has 20 heavy (non-hydrogen) atoms. The predicted molar refractivity (Wildman–Crippen MR) is 84.1 cm³/mol. The second kappa shape index (κ2) is 6.16. The molecule has 1 aromatic rings. The van der Waals surface area contributed by atoms with Crippen LogP contribution in [0.2, 0.25) is 0 Å². The first-order chi connectivity index (χ1) is 9.52. The van der Waals surface area contributed by atoms with Gasteiger partial charge in [-0.2, -0.15) is 0 Å². The third kappa shape index (κ3) is 3.44. The van der Waals surface area contributed by atoms with Crippen molar-refractivity contribution < 1.29 is 4.79 Å². The molecule has 0 bridgehead atoms. The maximum Gasteiger partial charge on any atom is 0.253 e. The molecule has 1 fully saturated rings. The molecule has 2 rings (SSSR count). The maximum absolute atomic E-state index is 12.1. The molecule has 1 aliphatic rings. The van der Waals surface area contributed by atoms with Crippen LogP contribution in [-0.4, -0.2) is 25.5 Å². The molecule has 110 valence electrons. The summed E-state index contributed by atoms with van der Waals surface area (Å²) >= 11 is 0. The highest BCUT2D eigenvalue weighted by Crippen LogP contribution is 2.35. The summed E-state index contributed by atoms with van der Waals surface area (Å²) in [6.45, 7) is 5.43. The van der Waals surface area contributed by atoms with Gasteiger partial charge in [0, 0.05) is 25.3 Å². The number of nitrogens with two attached hydrogens (primary N) is 1. The Bertz CT molecular complexity index is 481. The van der Waals surface area contributed by atoms with Crippen LogP contribution in [0.5, 0.6) is 0 Å². The van der Waals surface area contributed by atoms with Gasteiger partial charge < -0.3 is 16.0 Å². The first-order valence-corrected chi connectivity index (χ1v) is 7.41. The highest BCUT2D eigenvalue weighted by atomic mass is 16.1. The van der Waals surface area contributed by atoms with Crippen molar-refractivity contribution in [3.05, 3.63) is 23.8 Å². The smallest absolute Gasteiger partial charge is 0.253 e. The number of nitrogens with one attached hydrogen (secondary N) is 1. The zero-order valence-corrected chi connectivity index (χ0v) is 12.6. The van der Waals surface area contributed by atoms with Crippen LogP contribution in [0.4, 0.5) is 11.4 Å². The number of rotatable bonds is 6. The quantitative estimate of drug-likeness (QED) is 0.785. The van der Waals surface area contributed by atoms with Crippen LogP contribution in [0.1, 0.15) is 43.5 Å². The summed E-state index contributed by atoms with van der Waals surface area (Å²) in [5.74, 6) is 0.607. The van der Waals surface area contributed by atoms with E-state index in [1.54, 1.807) is 13.1 Å². The molecule has 0 spiro atoms. The number of carbonyl (C=O) groups excluding carboxylic acids is 1. The summed E-state index contributed by atoms with van der Waals surface area (Å²) in [5.41, 5.74) is 8.33. The number of hydrogen-bond donors (Lipinski definition) is 2. The average Bonchev–Trinajstić information content (AvgIpc) is 3.22.